The maximum Gasteiger partial charge on any atom is 0.269 e. The van der Waals surface area contributed by atoms with Crippen LogP contribution < -0.4 is 21.3 Å². The number of guanidine groups is 2. The molecular formula is C21H28Cl2N10O4. The molecule has 0 aliphatic carbocycles. The maximum atomic E-state index is 10.8. The van der Waals surface area contributed by atoms with Gasteiger partial charge in [-0.25, -0.2) is 30.2 Å². The lowest BCUT2D eigenvalue weighted by Crippen LogP contribution is -2.38. The lowest BCUT2D eigenvalue weighted by Gasteiger charge is -2.10. The Kier molecular flexibility index (Phi) is 13.4. The number of hydrogen-bond donors (Lipinski definition) is 4. The number of nitrogens with zero attached hydrogens (tertiary/aromatic N) is 6. The lowest BCUT2D eigenvalue weighted by atomic mass is 10.1. The molecule has 4 N–H and O–H groups in total. The van der Waals surface area contributed by atoms with Crippen LogP contribution in [0.1, 0.15) is 43.2 Å². The van der Waals surface area contributed by atoms with Crippen molar-refractivity contribution in [2.75, 3.05) is 13.1 Å². The van der Waals surface area contributed by atoms with E-state index in [0.29, 0.717) is 36.5 Å². The van der Waals surface area contributed by atoms with Crippen LogP contribution in [-0.2, 0) is 13.1 Å². The molecule has 2 rings (SSSR count). The number of aromatic nitrogens is 2. The Morgan fingerprint density at radius 2 is 1.11 bits per heavy atom. The quantitative estimate of drug-likeness (QED) is 0.0675. The van der Waals surface area contributed by atoms with Gasteiger partial charge in [-0.15, -0.1) is 0 Å². The van der Waals surface area contributed by atoms with E-state index in [0.717, 1.165) is 43.2 Å². The van der Waals surface area contributed by atoms with Gasteiger partial charge in [-0.3, -0.25) is 0 Å². The van der Waals surface area contributed by atoms with Crippen LogP contribution in [0.15, 0.2) is 46.9 Å². The number of unbranched alkanes of at least 4 members (excludes halogenated alkanes) is 4. The first-order valence-corrected chi connectivity index (χ1v) is 12.2. The van der Waals surface area contributed by atoms with Gasteiger partial charge in [0, 0.05) is 38.6 Å². The molecule has 0 atom stereocenters. The van der Waals surface area contributed by atoms with Crippen LogP contribution in [0.3, 0.4) is 0 Å². The molecule has 0 bridgehead atoms. The molecule has 0 saturated heterocycles. The first kappa shape index (κ1) is 29.5. The van der Waals surface area contributed by atoms with Crippen molar-refractivity contribution in [1.82, 2.24) is 31.2 Å². The van der Waals surface area contributed by atoms with Gasteiger partial charge in [0.15, 0.2) is 10.1 Å². The summed E-state index contributed by atoms with van der Waals surface area (Å²) < 4.78 is 0. The molecule has 0 aliphatic rings. The highest BCUT2D eigenvalue weighted by atomic mass is 35.5. The van der Waals surface area contributed by atoms with E-state index < -0.39 is 10.1 Å². The molecule has 0 saturated carbocycles. The van der Waals surface area contributed by atoms with E-state index in [4.69, 9.17) is 23.2 Å². The third-order valence-corrected chi connectivity index (χ3v) is 5.25. The average Bonchev–Trinajstić information content (AvgIpc) is 2.85. The third kappa shape index (κ3) is 13.8. The fourth-order valence-electron chi connectivity index (χ4n) is 3.02. The van der Waals surface area contributed by atoms with Gasteiger partial charge in [-0.1, -0.05) is 54.6 Å². The second-order valence-electron chi connectivity index (χ2n) is 7.68. The maximum absolute atomic E-state index is 10.8. The average molecular weight is 555 g/mol. The van der Waals surface area contributed by atoms with Crippen LogP contribution in [0.25, 0.3) is 0 Å². The van der Waals surface area contributed by atoms with Gasteiger partial charge in [0.05, 0.1) is 0 Å². The molecule has 0 fully saturated rings. The third-order valence-electron chi connectivity index (χ3n) is 4.80. The molecule has 0 aliphatic heterocycles. The zero-order valence-corrected chi connectivity index (χ0v) is 21.4. The second kappa shape index (κ2) is 16.8. The number of nitro groups is 2. The van der Waals surface area contributed by atoms with E-state index in [-0.39, 0.29) is 11.9 Å². The highest BCUT2D eigenvalue weighted by molar-refractivity contribution is 6.29. The molecule has 0 unspecified atom stereocenters. The van der Waals surface area contributed by atoms with E-state index in [1.165, 1.54) is 0 Å². The smallest absolute Gasteiger partial charge is 0.269 e. The fourth-order valence-corrected chi connectivity index (χ4v) is 3.24. The van der Waals surface area contributed by atoms with Gasteiger partial charge < -0.3 is 21.3 Å². The Balaban J connectivity index is 1.60. The molecule has 16 heteroatoms. The minimum absolute atomic E-state index is 0.0728. The molecule has 0 spiro atoms. The van der Waals surface area contributed by atoms with Crippen LogP contribution in [0, 0.1) is 20.2 Å². The summed E-state index contributed by atoms with van der Waals surface area (Å²) in [6, 6.07) is 6.80. The summed E-state index contributed by atoms with van der Waals surface area (Å²) in [6.45, 7) is 1.65. The minimum Gasteiger partial charge on any atom is -0.351 e. The van der Waals surface area contributed by atoms with Crippen LogP contribution in [0.2, 0.25) is 10.3 Å². The van der Waals surface area contributed by atoms with Crippen molar-refractivity contribution >= 4 is 35.1 Å². The van der Waals surface area contributed by atoms with E-state index in [1.807, 2.05) is 0 Å². The van der Waals surface area contributed by atoms with Gasteiger partial charge in [0.2, 0.25) is 0 Å². The highest BCUT2D eigenvalue weighted by Crippen LogP contribution is 2.06. The van der Waals surface area contributed by atoms with Crippen LogP contribution in [0.4, 0.5) is 0 Å². The van der Waals surface area contributed by atoms with Gasteiger partial charge >= 0.3 is 0 Å². The molecule has 0 amide bonds. The minimum atomic E-state index is -0.764. The number of hydrazone groups is 2. The molecule has 0 aromatic carbocycles. The molecule has 0 radical (unpaired) electrons. The van der Waals surface area contributed by atoms with Gasteiger partial charge in [-0.05, 0) is 36.1 Å². The normalized spacial score (nSPS) is 11.6. The molecular weight excluding hydrogens is 527 g/mol. The summed E-state index contributed by atoms with van der Waals surface area (Å²) >= 11 is 11.5. The van der Waals surface area contributed by atoms with E-state index in [2.05, 4.69) is 41.4 Å². The number of hydrogen-bond acceptors (Lipinski definition) is 6. The summed E-state index contributed by atoms with van der Waals surface area (Å²) in [5.41, 5.74) is 1.61. The number of halogens is 2. The molecule has 200 valence electrons. The molecule has 2 aromatic heterocycles. The molecule has 37 heavy (non-hydrogen) atoms. The summed E-state index contributed by atoms with van der Waals surface area (Å²) in [6.07, 6.45) is 7.47. The first-order valence-electron chi connectivity index (χ1n) is 11.4. The summed E-state index contributed by atoms with van der Waals surface area (Å²) in [5.74, 6) is 0.146. The largest absolute Gasteiger partial charge is 0.351 e. The second-order valence-corrected chi connectivity index (χ2v) is 8.45. The van der Waals surface area contributed by atoms with Crippen molar-refractivity contribution in [3.8, 4) is 0 Å². The molecule has 2 heterocycles. The van der Waals surface area contributed by atoms with E-state index in [9.17, 15) is 20.2 Å². The van der Waals surface area contributed by atoms with Crippen molar-refractivity contribution < 1.29 is 10.1 Å². The van der Waals surface area contributed by atoms with Gasteiger partial charge in [0.1, 0.15) is 20.5 Å². The predicted octanol–water partition coefficient (Wildman–Crippen LogP) is 2.89. The van der Waals surface area contributed by atoms with Gasteiger partial charge in [0.25, 0.3) is 11.9 Å². The fraction of sp³-hybridized carbons (Fsp3) is 0.429. The molecule has 14 nitrogen and oxygen atoms in total. The summed E-state index contributed by atoms with van der Waals surface area (Å²) in [5, 5.41) is 39.1. The predicted molar refractivity (Wildman–Crippen MR) is 140 cm³/mol. The summed E-state index contributed by atoms with van der Waals surface area (Å²) in [4.78, 5) is 29.5. The number of nitrogens with one attached hydrogen (secondary N) is 4. The Morgan fingerprint density at radius 3 is 1.46 bits per heavy atom. The monoisotopic (exact) mass is 554 g/mol. The standard InChI is InChI=1S/C21H28Cl2N10O4/c22-18-8-6-16(12-26-18)14-28-20(30-32(34)35)24-10-4-2-1-3-5-11-25-21(31-33(36)37)29-15-17-7-9-19(23)27-13-17/h6-9,12-13H,1-5,10-11,14-15H2,(H2,24,28,30)(H2,25,29,31). The first-order chi connectivity index (χ1) is 17.8. The van der Waals surface area contributed by atoms with Crippen molar-refractivity contribution in [2.24, 2.45) is 10.2 Å². The van der Waals surface area contributed by atoms with Crippen LogP contribution in [0.5, 0.6) is 0 Å². The van der Waals surface area contributed by atoms with E-state index >= 15 is 0 Å². The van der Waals surface area contributed by atoms with Crippen molar-refractivity contribution in [3.05, 3.63) is 78.3 Å². The van der Waals surface area contributed by atoms with Crippen LogP contribution in [-0.4, -0.2) is 45.0 Å². The molecule has 2 aromatic rings. The van der Waals surface area contributed by atoms with Crippen molar-refractivity contribution in [1.29, 1.82) is 0 Å². The lowest BCUT2D eigenvalue weighted by molar-refractivity contribution is -0.485. The highest BCUT2D eigenvalue weighted by Gasteiger charge is 2.06. The number of pyridine rings is 2. The summed E-state index contributed by atoms with van der Waals surface area (Å²) in [7, 11) is 0. The zero-order chi connectivity index (χ0) is 26.9. The SMILES string of the molecule is O=[N+]([O-])N=C(NCCCCCCCNC(=N[N+](=O)[O-])NCc1ccc(Cl)nc1)NCc1ccc(Cl)nc1. The number of rotatable bonds is 14. The Morgan fingerprint density at radius 1 is 0.703 bits per heavy atom. The van der Waals surface area contributed by atoms with Crippen molar-refractivity contribution in [3.63, 3.8) is 0 Å². The van der Waals surface area contributed by atoms with Gasteiger partial charge in [-0.2, -0.15) is 0 Å². The topological polar surface area (TPSA) is 185 Å². The Bertz CT molecular complexity index is 969. The Labute approximate surface area is 223 Å². The van der Waals surface area contributed by atoms with Crippen molar-refractivity contribution in [2.45, 2.75) is 45.2 Å². The Hall–Kier alpha value is -3.78. The van der Waals surface area contributed by atoms with E-state index in [1.54, 1.807) is 36.7 Å². The van der Waals surface area contributed by atoms with Crippen LogP contribution >= 0.6 is 23.2 Å². The zero-order valence-electron chi connectivity index (χ0n) is 19.9.